The Hall–Kier alpha value is -4.13. The molecule has 154 valence electrons. The number of carbonyl (C=O) groups is 2. The normalized spacial score (nSPS) is 10.8. The molecule has 0 spiro atoms. The van der Waals surface area contributed by atoms with Crippen LogP contribution in [0.15, 0.2) is 78.0 Å². The zero-order chi connectivity index (χ0) is 22.0. The number of benzene rings is 2. The van der Waals surface area contributed by atoms with E-state index in [2.05, 4.69) is 10.3 Å². The standard InChI is InChI=1S/C24H18FN3O3/c1-15-6-7-21-17(12-15)24(31)18(23(30)16-8-10-26-11-9-16)13-28(21)14-22(29)27-20-5-3-2-4-19(20)25/h2-13H,14H2,1H3,(H,27,29). The van der Waals surface area contributed by atoms with E-state index < -0.39 is 22.9 Å². The molecule has 0 saturated carbocycles. The summed E-state index contributed by atoms with van der Waals surface area (Å²) in [5, 5.41) is 2.86. The third-order valence-electron chi connectivity index (χ3n) is 4.88. The van der Waals surface area contributed by atoms with Crippen molar-refractivity contribution in [3.8, 4) is 0 Å². The molecule has 6 nitrogen and oxygen atoms in total. The van der Waals surface area contributed by atoms with E-state index in [1.807, 2.05) is 13.0 Å². The molecule has 4 rings (SSSR count). The number of pyridine rings is 2. The lowest BCUT2D eigenvalue weighted by Crippen LogP contribution is -2.24. The van der Waals surface area contributed by atoms with E-state index in [0.29, 0.717) is 16.5 Å². The van der Waals surface area contributed by atoms with Gasteiger partial charge in [0.15, 0.2) is 5.78 Å². The fourth-order valence-electron chi connectivity index (χ4n) is 3.37. The molecule has 0 aliphatic carbocycles. The van der Waals surface area contributed by atoms with Crippen LogP contribution in [-0.4, -0.2) is 21.2 Å². The van der Waals surface area contributed by atoms with Gasteiger partial charge in [0.05, 0.1) is 16.8 Å². The second-order valence-corrected chi connectivity index (χ2v) is 7.11. The molecule has 0 bridgehead atoms. The van der Waals surface area contributed by atoms with Gasteiger partial charge in [-0.3, -0.25) is 19.4 Å². The molecule has 7 heteroatoms. The van der Waals surface area contributed by atoms with Crippen molar-refractivity contribution in [2.45, 2.75) is 13.5 Å². The number of nitrogens with zero attached hydrogens (tertiary/aromatic N) is 2. The van der Waals surface area contributed by atoms with Gasteiger partial charge >= 0.3 is 0 Å². The first kappa shape index (κ1) is 20.2. The summed E-state index contributed by atoms with van der Waals surface area (Å²) in [6.45, 7) is 1.64. The number of ketones is 1. The minimum Gasteiger partial charge on any atom is -0.337 e. The Kier molecular flexibility index (Phi) is 5.41. The molecule has 4 aromatic rings. The van der Waals surface area contributed by atoms with Crippen LogP contribution in [0.3, 0.4) is 0 Å². The van der Waals surface area contributed by atoms with Crippen LogP contribution in [0.5, 0.6) is 0 Å². The quantitative estimate of drug-likeness (QED) is 0.504. The smallest absolute Gasteiger partial charge is 0.244 e. The van der Waals surface area contributed by atoms with Gasteiger partial charge < -0.3 is 9.88 Å². The summed E-state index contributed by atoms with van der Waals surface area (Å²) < 4.78 is 15.4. The van der Waals surface area contributed by atoms with Crippen molar-refractivity contribution >= 4 is 28.3 Å². The van der Waals surface area contributed by atoms with Crippen molar-refractivity contribution in [3.63, 3.8) is 0 Å². The summed E-state index contributed by atoms with van der Waals surface area (Å²) in [6, 6.07) is 14.1. The molecule has 1 amide bonds. The number of carbonyl (C=O) groups excluding carboxylic acids is 2. The van der Waals surface area contributed by atoms with Gasteiger partial charge in [-0.15, -0.1) is 0 Å². The molecule has 1 N–H and O–H groups in total. The predicted octanol–water partition coefficient (Wildman–Crippen LogP) is 3.71. The first-order chi connectivity index (χ1) is 14.9. The second kappa shape index (κ2) is 8.31. The van der Waals surface area contributed by atoms with E-state index in [9.17, 15) is 18.8 Å². The van der Waals surface area contributed by atoms with Crippen molar-refractivity contribution in [3.05, 3.63) is 106 Å². The molecule has 0 saturated heterocycles. The minimum atomic E-state index is -0.551. The maximum Gasteiger partial charge on any atom is 0.244 e. The lowest BCUT2D eigenvalue weighted by atomic mass is 10.0. The third-order valence-corrected chi connectivity index (χ3v) is 4.88. The number of fused-ring (bicyclic) bond motifs is 1. The van der Waals surface area contributed by atoms with E-state index in [1.54, 1.807) is 18.2 Å². The van der Waals surface area contributed by atoms with Crippen LogP contribution in [0, 0.1) is 12.7 Å². The summed E-state index contributed by atoms with van der Waals surface area (Å²) in [5.74, 6) is -1.50. The van der Waals surface area contributed by atoms with Gasteiger partial charge in [-0.05, 0) is 43.3 Å². The highest BCUT2D eigenvalue weighted by atomic mass is 19.1. The van der Waals surface area contributed by atoms with Crippen molar-refractivity contribution in [2.24, 2.45) is 0 Å². The largest absolute Gasteiger partial charge is 0.337 e. The molecule has 0 atom stereocenters. The molecule has 0 fully saturated rings. The van der Waals surface area contributed by atoms with E-state index in [0.717, 1.165) is 5.56 Å². The number of hydrogen-bond acceptors (Lipinski definition) is 4. The Morgan fingerprint density at radius 2 is 1.81 bits per heavy atom. The fraction of sp³-hybridized carbons (Fsp3) is 0.0833. The molecule has 2 aromatic carbocycles. The second-order valence-electron chi connectivity index (χ2n) is 7.11. The van der Waals surface area contributed by atoms with E-state index in [4.69, 9.17) is 0 Å². The number of hydrogen-bond donors (Lipinski definition) is 1. The van der Waals surface area contributed by atoms with E-state index in [-0.39, 0.29) is 17.8 Å². The average Bonchev–Trinajstić information content (AvgIpc) is 2.77. The first-order valence-electron chi connectivity index (χ1n) is 9.57. The molecular formula is C24H18FN3O3. The average molecular weight is 415 g/mol. The zero-order valence-electron chi connectivity index (χ0n) is 16.6. The van der Waals surface area contributed by atoms with Gasteiger partial charge in [0.1, 0.15) is 12.4 Å². The van der Waals surface area contributed by atoms with Crippen LogP contribution >= 0.6 is 0 Å². The van der Waals surface area contributed by atoms with Gasteiger partial charge in [-0.25, -0.2) is 4.39 Å². The van der Waals surface area contributed by atoms with Crippen LogP contribution in [0.1, 0.15) is 21.5 Å². The van der Waals surface area contributed by atoms with Crippen LogP contribution < -0.4 is 10.7 Å². The summed E-state index contributed by atoms with van der Waals surface area (Å²) in [7, 11) is 0. The highest BCUT2D eigenvalue weighted by molar-refractivity contribution is 6.10. The number of aromatic nitrogens is 2. The van der Waals surface area contributed by atoms with Crippen LogP contribution in [0.2, 0.25) is 0 Å². The molecule has 2 aromatic heterocycles. The number of anilines is 1. The number of rotatable bonds is 5. The molecule has 0 radical (unpaired) electrons. The Labute approximate surface area is 177 Å². The van der Waals surface area contributed by atoms with Gasteiger partial charge in [0.25, 0.3) is 0 Å². The lowest BCUT2D eigenvalue weighted by Gasteiger charge is -2.14. The Balaban J connectivity index is 1.78. The maximum atomic E-state index is 13.9. The number of aryl methyl sites for hydroxylation is 1. The molecule has 31 heavy (non-hydrogen) atoms. The van der Waals surface area contributed by atoms with Gasteiger partial charge in [0, 0.05) is 29.5 Å². The molecule has 0 aliphatic rings. The van der Waals surface area contributed by atoms with E-state index in [1.165, 1.54) is 53.5 Å². The van der Waals surface area contributed by atoms with Crippen LogP contribution in [-0.2, 0) is 11.3 Å². The topological polar surface area (TPSA) is 81.1 Å². The maximum absolute atomic E-state index is 13.9. The summed E-state index contributed by atoms with van der Waals surface area (Å²) in [5.41, 5.74) is 1.27. The van der Waals surface area contributed by atoms with Crippen molar-refractivity contribution in [1.29, 1.82) is 0 Å². The third kappa shape index (κ3) is 4.11. The summed E-state index contributed by atoms with van der Waals surface area (Å²) in [4.78, 5) is 42.5. The highest BCUT2D eigenvalue weighted by Crippen LogP contribution is 2.17. The van der Waals surface area contributed by atoms with Crippen molar-refractivity contribution < 1.29 is 14.0 Å². The number of para-hydroxylation sites is 1. The Morgan fingerprint density at radius 3 is 2.55 bits per heavy atom. The van der Waals surface area contributed by atoms with E-state index >= 15 is 0 Å². The van der Waals surface area contributed by atoms with Gasteiger partial charge in [0.2, 0.25) is 11.3 Å². The molecule has 2 heterocycles. The molecule has 0 unspecified atom stereocenters. The zero-order valence-corrected chi connectivity index (χ0v) is 16.6. The minimum absolute atomic E-state index is 0.0528. The fourth-order valence-corrected chi connectivity index (χ4v) is 3.37. The highest BCUT2D eigenvalue weighted by Gasteiger charge is 2.18. The van der Waals surface area contributed by atoms with Crippen LogP contribution in [0.25, 0.3) is 10.9 Å². The van der Waals surface area contributed by atoms with Crippen molar-refractivity contribution in [2.75, 3.05) is 5.32 Å². The summed E-state index contributed by atoms with van der Waals surface area (Å²) >= 11 is 0. The predicted molar refractivity (Wildman–Crippen MR) is 116 cm³/mol. The van der Waals surface area contributed by atoms with Gasteiger partial charge in [-0.1, -0.05) is 23.8 Å². The van der Waals surface area contributed by atoms with Gasteiger partial charge in [-0.2, -0.15) is 0 Å². The van der Waals surface area contributed by atoms with Crippen molar-refractivity contribution in [1.82, 2.24) is 9.55 Å². The monoisotopic (exact) mass is 415 g/mol. The molecular weight excluding hydrogens is 397 g/mol. The Morgan fingerprint density at radius 1 is 1.06 bits per heavy atom. The number of halogens is 1. The number of nitrogens with one attached hydrogen (secondary N) is 1. The van der Waals surface area contributed by atoms with Crippen LogP contribution in [0.4, 0.5) is 10.1 Å². The summed E-state index contributed by atoms with van der Waals surface area (Å²) in [6.07, 6.45) is 4.32. The SMILES string of the molecule is Cc1ccc2c(c1)c(=O)c(C(=O)c1ccncc1)cn2CC(=O)Nc1ccccc1F. The first-order valence-corrected chi connectivity index (χ1v) is 9.57. The lowest BCUT2D eigenvalue weighted by molar-refractivity contribution is -0.116. The number of amides is 1. The Bertz CT molecular complexity index is 1360. The molecule has 0 aliphatic heterocycles.